The Morgan fingerprint density at radius 2 is 2.12 bits per heavy atom. The maximum absolute atomic E-state index is 10.9. The molecule has 0 bridgehead atoms. The van der Waals surface area contributed by atoms with Gasteiger partial charge in [0.05, 0.1) is 10.4 Å². The number of nitrogen functional groups attached to an aromatic ring is 1. The fourth-order valence-electron chi connectivity index (χ4n) is 2.17. The third-order valence-corrected chi connectivity index (χ3v) is 4.85. The molecule has 0 aliphatic carbocycles. The van der Waals surface area contributed by atoms with Gasteiger partial charge in [-0.1, -0.05) is 38.8 Å². The lowest BCUT2D eigenvalue weighted by molar-refractivity contribution is 0.112. The van der Waals surface area contributed by atoms with E-state index in [1.807, 2.05) is 26.8 Å². The molecule has 0 amide bonds. The molecule has 0 spiro atoms. The zero-order chi connectivity index (χ0) is 18.8. The van der Waals surface area contributed by atoms with Gasteiger partial charge in [0, 0.05) is 18.0 Å². The molecule has 2 rings (SSSR count). The van der Waals surface area contributed by atoms with E-state index in [0.29, 0.717) is 22.8 Å². The second-order valence-electron chi connectivity index (χ2n) is 5.09. The molecule has 0 unspecified atom stereocenters. The maximum atomic E-state index is 10.9. The van der Waals surface area contributed by atoms with Crippen molar-refractivity contribution < 1.29 is 9.90 Å². The van der Waals surface area contributed by atoms with Crippen LogP contribution in [-0.2, 0) is 0 Å². The predicted octanol–water partition coefficient (Wildman–Crippen LogP) is 4.10. The second kappa shape index (κ2) is 11.0. The van der Waals surface area contributed by atoms with Crippen molar-refractivity contribution in [1.29, 1.82) is 0 Å². The molecule has 0 fully saturated rings. The first kappa shape index (κ1) is 21.3. The largest absolute Gasteiger partial charge is 0.396 e. The lowest BCUT2D eigenvalue weighted by Gasteiger charge is -2.15. The van der Waals surface area contributed by atoms with E-state index in [1.54, 1.807) is 6.07 Å². The predicted molar refractivity (Wildman–Crippen MR) is 105 cm³/mol. The number of aliphatic hydroxyl groups excluding tert-OH is 1. The van der Waals surface area contributed by atoms with Crippen molar-refractivity contribution in [3.05, 3.63) is 22.2 Å². The summed E-state index contributed by atoms with van der Waals surface area (Å²) >= 11 is 7.54. The van der Waals surface area contributed by atoms with Crippen molar-refractivity contribution in [2.24, 2.45) is 5.92 Å². The van der Waals surface area contributed by atoms with Crippen molar-refractivity contribution in [2.75, 3.05) is 24.2 Å². The summed E-state index contributed by atoms with van der Waals surface area (Å²) in [6, 6.07) is 3.53. The normalized spacial score (nSPS) is 11.4. The van der Waals surface area contributed by atoms with Gasteiger partial charge in [-0.15, -0.1) is 11.3 Å². The molecule has 0 radical (unpaired) electrons. The number of nitrogens with two attached hydrogens (primary N) is 1. The fourth-order valence-corrected chi connectivity index (χ4v) is 3.37. The quantitative estimate of drug-likeness (QED) is 0.467. The van der Waals surface area contributed by atoms with Gasteiger partial charge in [0.25, 0.3) is 0 Å². The van der Waals surface area contributed by atoms with Crippen LogP contribution in [0.1, 0.15) is 43.3 Å². The number of nitrogens with one attached hydrogen (secondary N) is 1. The first-order valence-electron chi connectivity index (χ1n) is 8.32. The summed E-state index contributed by atoms with van der Waals surface area (Å²) in [4.78, 5) is 20.5. The summed E-state index contributed by atoms with van der Waals surface area (Å²) in [5.74, 6) is 0.862. The summed E-state index contributed by atoms with van der Waals surface area (Å²) in [7, 11) is 0. The molecule has 138 valence electrons. The first-order valence-corrected chi connectivity index (χ1v) is 9.51. The van der Waals surface area contributed by atoms with Gasteiger partial charge in [-0.25, -0.2) is 4.98 Å². The highest BCUT2D eigenvalue weighted by Gasteiger charge is 2.16. The van der Waals surface area contributed by atoms with E-state index in [1.165, 1.54) is 11.3 Å². The highest BCUT2D eigenvalue weighted by Crippen LogP contribution is 2.37. The molecule has 8 heteroatoms. The molecule has 4 N–H and O–H groups in total. The van der Waals surface area contributed by atoms with Gasteiger partial charge in [-0.05, 0) is 24.5 Å². The smallest absolute Gasteiger partial charge is 0.223 e. The molecular formula is C17H25ClN4O2S. The Kier molecular flexibility index (Phi) is 9.41. The summed E-state index contributed by atoms with van der Waals surface area (Å²) in [6.07, 6.45) is 2.50. The van der Waals surface area contributed by atoms with Gasteiger partial charge in [-0.3, -0.25) is 4.79 Å². The minimum absolute atomic E-state index is 0.0858. The minimum Gasteiger partial charge on any atom is -0.396 e. The summed E-state index contributed by atoms with van der Waals surface area (Å²) in [5, 5.41) is 12.7. The number of hydrogen-bond donors (Lipinski definition) is 3. The van der Waals surface area contributed by atoms with Gasteiger partial charge in [0.1, 0.15) is 11.0 Å². The van der Waals surface area contributed by atoms with Crippen LogP contribution in [0.15, 0.2) is 12.1 Å². The summed E-state index contributed by atoms with van der Waals surface area (Å²) in [6.45, 7) is 6.83. The standard InChI is InChI=1S/C15H19ClN4O2S.C2H6/c1-2-9(7-21)5-6-18-14-12(13(16)19-15(17)20-14)11-4-3-10(8-22)23-11;1-2/h3-4,8-9,21H,2,5-7H2,1H3,(H3,17,18,19,20);1-2H3/t9-;/m0./s1. The molecule has 0 saturated carbocycles. The number of carbonyl (C=O) groups is 1. The van der Waals surface area contributed by atoms with Crippen molar-refractivity contribution in [2.45, 2.75) is 33.6 Å². The second-order valence-corrected chi connectivity index (χ2v) is 6.56. The average molecular weight is 385 g/mol. The van der Waals surface area contributed by atoms with E-state index in [9.17, 15) is 9.90 Å². The SMILES string of the molecule is CC.CC[C@H](CO)CCNc1nc(N)nc(Cl)c1-c1ccc(C=O)s1. The lowest BCUT2D eigenvalue weighted by atomic mass is 10.0. The van der Waals surface area contributed by atoms with Gasteiger partial charge in [0.15, 0.2) is 6.29 Å². The number of carbonyl (C=O) groups excluding carboxylic acids is 1. The molecule has 2 aromatic rings. The van der Waals surface area contributed by atoms with Crippen LogP contribution < -0.4 is 11.1 Å². The van der Waals surface area contributed by atoms with E-state index in [4.69, 9.17) is 17.3 Å². The maximum Gasteiger partial charge on any atom is 0.223 e. The van der Waals surface area contributed by atoms with Crippen LogP contribution in [0, 0.1) is 5.92 Å². The molecule has 25 heavy (non-hydrogen) atoms. The molecule has 2 aromatic heterocycles. The Bertz CT molecular complexity index is 675. The molecule has 0 aliphatic rings. The van der Waals surface area contributed by atoms with Crippen molar-refractivity contribution in [1.82, 2.24) is 9.97 Å². The number of aliphatic hydroxyl groups is 1. The average Bonchev–Trinajstić information content (AvgIpc) is 3.08. The van der Waals surface area contributed by atoms with Crippen LogP contribution in [-0.4, -0.2) is 34.5 Å². The molecule has 2 heterocycles. The van der Waals surface area contributed by atoms with Crippen LogP contribution in [0.3, 0.4) is 0 Å². The first-order chi connectivity index (χ1) is 12.1. The van der Waals surface area contributed by atoms with Crippen LogP contribution >= 0.6 is 22.9 Å². The highest BCUT2D eigenvalue weighted by atomic mass is 35.5. The van der Waals surface area contributed by atoms with Crippen LogP contribution in [0.25, 0.3) is 10.4 Å². The Hall–Kier alpha value is -1.70. The van der Waals surface area contributed by atoms with Crippen molar-refractivity contribution in [3.8, 4) is 10.4 Å². The number of aromatic nitrogens is 2. The number of thiophene rings is 1. The number of rotatable bonds is 8. The lowest BCUT2D eigenvalue weighted by Crippen LogP contribution is -2.13. The Morgan fingerprint density at radius 1 is 1.40 bits per heavy atom. The van der Waals surface area contributed by atoms with E-state index in [0.717, 1.165) is 24.0 Å². The zero-order valence-electron chi connectivity index (χ0n) is 14.8. The minimum atomic E-state index is 0.0858. The number of hydrogen-bond acceptors (Lipinski definition) is 7. The van der Waals surface area contributed by atoms with E-state index < -0.39 is 0 Å². The highest BCUT2D eigenvalue weighted by molar-refractivity contribution is 7.17. The Labute approximate surface area is 157 Å². The molecule has 0 aromatic carbocycles. The van der Waals surface area contributed by atoms with Gasteiger partial charge in [-0.2, -0.15) is 4.98 Å². The van der Waals surface area contributed by atoms with Gasteiger partial charge >= 0.3 is 0 Å². The number of aldehydes is 1. The number of anilines is 2. The van der Waals surface area contributed by atoms with Gasteiger partial charge < -0.3 is 16.2 Å². The summed E-state index contributed by atoms with van der Waals surface area (Å²) < 4.78 is 0. The van der Waals surface area contributed by atoms with E-state index in [2.05, 4.69) is 15.3 Å². The third-order valence-electron chi connectivity index (χ3n) is 3.55. The molecule has 0 saturated heterocycles. The molecular weight excluding hydrogens is 360 g/mol. The number of halogens is 1. The van der Waals surface area contributed by atoms with Crippen molar-refractivity contribution in [3.63, 3.8) is 0 Å². The Morgan fingerprint density at radius 3 is 2.68 bits per heavy atom. The van der Waals surface area contributed by atoms with Crippen LogP contribution in [0.2, 0.25) is 5.15 Å². The monoisotopic (exact) mass is 384 g/mol. The zero-order valence-corrected chi connectivity index (χ0v) is 16.3. The van der Waals surface area contributed by atoms with Crippen LogP contribution in [0.5, 0.6) is 0 Å². The molecule has 1 atom stereocenters. The summed E-state index contributed by atoms with van der Waals surface area (Å²) in [5.41, 5.74) is 6.32. The van der Waals surface area contributed by atoms with E-state index >= 15 is 0 Å². The fraction of sp³-hybridized carbons (Fsp3) is 0.471. The number of nitrogens with zero attached hydrogens (tertiary/aromatic N) is 2. The molecule has 6 nitrogen and oxygen atoms in total. The topological polar surface area (TPSA) is 101 Å². The van der Waals surface area contributed by atoms with Gasteiger partial charge in [0.2, 0.25) is 5.95 Å². The third kappa shape index (κ3) is 5.95. The van der Waals surface area contributed by atoms with Crippen molar-refractivity contribution >= 4 is 41.0 Å². The molecule has 0 aliphatic heterocycles. The van der Waals surface area contributed by atoms with Crippen LogP contribution in [0.4, 0.5) is 11.8 Å². The van der Waals surface area contributed by atoms with E-state index in [-0.39, 0.29) is 23.6 Å². The Balaban J connectivity index is 0.00000151.